The Labute approximate surface area is 281 Å². The van der Waals surface area contributed by atoms with Gasteiger partial charge in [-0.15, -0.1) is 0 Å². The summed E-state index contributed by atoms with van der Waals surface area (Å²) in [6.07, 6.45) is 0. The van der Waals surface area contributed by atoms with Crippen molar-refractivity contribution in [2.75, 3.05) is 0 Å². The summed E-state index contributed by atoms with van der Waals surface area (Å²) in [5.41, 5.74) is 12.0. The van der Waals surface area contributed by atoms with E-state index in [0.717, 1.165) is 55.1 Å². The third kappa shape index (κ3) is 3.58. The van der Waals surface area contributed by atoms with E-state index in [0.29, 0.717) is 5.95 Å². The predicted molar refractivity (Wildman–Crippen MR) is 202 cm³/mol. The summed E-state index contributed by atoms with van der Waals surface area (Å²) in [5.74, 6) is 0.663. The second-order valence-electron chi connectivity index (χ2n) is 13.8. The first kappa shape index (κ1) is 26.8. The lowest BCUT2D eigenvalue weighted by molar-refractivity contribution is 0.661. The summed E-state index contributed by atoms with van der Waals surface area (Å²) in [4.78, 5) is 10.7. The molecule has 3 aromatic heterocycles. The van der Waals surface area contributed by atoms with E-state index in [9.17, 15) is 0 Å². The quantitative estimate of drug-likeness (QED) is 0.192. The number of aromatic nitrogens is 3. The van der Waals surface area contributed by atoms with Crippen molar-refractivity contribution in [2.24, 2.45) is 0 Å². The van der Waals surface area contributed by atoms with E-state index in [4.69, 9.17) is 14.4 Å². The molecule has 3 heterocycles. The van der Waals surface area contributed by atoms with Crippen molar-refractivity contribution in [3.63, 3.8) is 0 Å². The number of nitrogens with zero attached hydrogens (tertiary/aromatic N) is 3. The van der Waals surface area contributed by atoms with Crippen molar-refractivity contribution < 1.29 is 4.42 Å². The molecule has 7 aromatic carbocycles. The van der Waals surface area contributed by atoms with E-state index in [1.54, 1.807) is 0 Å². The molecular weight excluding hydrogens is 599 g/mol. The van der Waals surface area contributed by atoms with Crippen LogP contribution in [0.1, 0.15) is 25.0 Å². The van der Waals surface area contributed by atoms with Gasteiger partial charge in [-0.05, 0) is 81.6 Å². The number of benzene rings is 7. The van der Waals surface area contributed by atoms with Gasteiger partial charge in [0.2, 0.25) is 5.95 Å². The molecule has 0 saturated heterocycles. The predicted octanol–water partition coefficient (Wildman–Crippen LogP) is 11.8. The fourth-order valence-electron chi connectivity index (χ4n) is 8.46. The molecule has 0 fully saturated rings. The lowest BCUT2D eigenvalue weighted by atomic mass is 9.82. The lowest BCUT2D eigenvalue weighted by Gasteiger charge is -2.21. The van der Waals surface area contributed by atoms with Crippen LogP contribution < -0.4 is 0 Å². The van der Waals surface area contributed by atoms with Crippen molar-refractivity contribution >= 4 is 65.4 Å². The number of hydrogen-bond donors (Lipinski definition) is 0. The molecule has 1 aliphatic rings. The molecule has 0 spiro atoms. The van der Waals surface area contributed by atoms with Gasteiger partial charge in [0.1, 0.15) is 11.2 Å². The minimum Gasteiger partial charge on any atom is -0.456 e. The maximum Gasteiger partial charge on any atom is 0.235 e. The fraction of sp³-hybridized carbons (Fsp3) is 0.0667. The van der Waals surface area contributed by atoms with Crippen LogP contribution in [0.2, 0.25) is 0 Å². The molecule has 0 unspecified atom stereocenters. The highest BCUT2D eigenvalue weighted by atomic mass is 16.3. The Kier molecular flexibility index (Phi) is 5.15. The van der Waals surface area contributed by atoms with Crippen molar-refractivity contribution in [1.29, 1.82) is 0 Å². The van der Waals surface area contributed by atoms with Crippen LogP contribution in [0, 0.1) is 0 Å². The van der Waals surface area contributed by atoms with Crippen LogP contribution >= 0.6 is 0 Å². The average Bonchev–Trinajstić information content (AvgIpc) is 3.76. The van der Waals surface area contributed by atoms with E-state index in [1.807, 2.05) is 0 Å². The third-order valence-corrected chi connectivity index (χ3v) is 10.8. The van der Waals surface area contributed by atoms with Crippen LogP contribution in [0.3, 0.4) is 0 Å². The van der Waals surface area contributed by atoms with Gasteiger partial charge in [-0.25, -0.2) is 9.97 Å². The number of fused-ring (bicyclic) bond motifs is 12. The number of para-hydroxylation sites is 2. The molecule has 10 aromatic rings. The zero-order valence-electron chi connectivity index (χ0n) is 27.0. The van der Waals surface area contributed by atoms with Crippen LogP contribution in [-0.4, -0.2) is 14.5 Å². The second-order valence-corrected chi connectivity index (χ2v) is 13.8. The molecule has 0 aliphatic heterocycles. The fourth-order valence-corrected chi connectivity index (χ4v) is 8.46. The van der Waals surface area contributed by atoms with Gasteiger partial charge < -0.3 is 4.42 Å². The Hall–Kier alpha value is -6.26. The first-order chi connectivity index (χ1) is 24.0. The van der Waals surface area contributed by atoms with Crippen LogP contribution in [0.15, 0.2) is 144 Å². The number of hydrogen-bond acceptors (Lipinski definition) is 3. The highest BCUT2D eigenvalue weighted by Gasteiger charge is 2.36. The summed E-state index contributed by atoms with van der Waals surface area (Å²) in [6, 6.07) is 49.7. The summed E-state index contributed by atoms with van der Waals surface area (Å²) < 4.78 is 8.62. The van der Waals surface area contributed by atoms with E-state index < -0.39 is 0 Å². The Morgan fingerprint density at radius 1 is 0.531 bits per heavy atom. The molecule has 0 saturated carbocycles. The Bertz CT molecular complexity index is 3030. The lowest BCUT2D eigenvalue weighted by Crippen LogP contribution is -2.15. The van der Waals surface area contributed by atoms with Gasteiger partial charge in [0.15, 0.2) is 0 Å². The normalized spacial score (nSPS) is 13.7. The Morgan fingerprint density at radius 3 is 2.20 bits per heavy atom. The van der Waals surface area contributed by atoms with E-state index >= 15 is 0 Å². The van der Waals surface area contributed by atoms with Crippen molar-refractivity contribution in [1.82, 2.24) is 14.5 Å². The second kappa shape index (κ2) is 9.42. The standard InChI is InChI=1S/C45H29N3O/c1-45(2)35-16-8-5-13-29(35)32-24-33-30-14-7-10-18-38(30)48(39(33)25-36(32)45)44-46-37-17-9-6-15-31(37)43(47-44)27-20-21-40-34(23-27)42-28-12-4-3-11-26(28)19-22-41(42)49-40/h3-25H,1-2H3. The largest absolute Gasteiger partial charge is 0.456 e. The van der Waals surface area contributed by atoms with E-state index in [2.05, 4.69) is 158 Å². The van der Waals surface area contributed by atoms with Crippen molar-refractivity contribution in [3.05, 3.63) is 151 Å². The summed E-state index contributed by atoms with van der Waals surface area (Å²) in [7, 11) is 0. The highest BCUT2D eigenvalue weighted by Crippen LogP contribution is 2.51. The molecule has 4 heteroatoms. The average molecular weight is 628 g/mol. The maximum absolute atomic E-state index is 6.36. The first-order valence-corrected chi connectivity index (χ1v) is 16.8. The zero-order valence-corrected chi connectivity index (χ0v) is 27.0. The minimum atomic E-state index is -0.121. The monoisotopic (exact) mass is 627 g/mol. The topological polar surface area (TPSA) is 43.9 Å². The first-order valence-electron chi connectivity index (χ1n) is 16.8. The Morgan fingerprint density at radius 2 is 1.29 bits per heavy atom. The number of furan rings is 1. The van der Waals surface area contributed by atoms with E-state index in [1.165, 1.54) is 43.8 Å². The van der Waals surface area contributed by atoms with Crippen LogP contribution in [0.4, 0.5) is 0 Å². The van der Waals surface area contributed by atoms with Crippen molar-refractivity contribution in [3.8, 4) is 28.3 Å². The molecule has 4 nitrogen and oxygen atoms in total. The van der Waals surface area contributed by atoms with Crippen LogP contribution in [0.5, 0.6) is 0 Å². The molecular formula is C45H29N3O. The van der Waals surface area contributed by atoms with Crippen LogP contribution in [0.25, 0.3) is 93.8 Å². The third-order valence-electron chi connectivity index (χ3n) is 10.8. The summed E-state index contributed by atoms with van der Waals surface area (Å²) in [5, 5.41) is 8.02. The van der Waals surface area contributed by atoms with Gasteiger partial charge in [-0.2, -0.15) is 0 Å². The summed E-state index contributed by atoms with van der Waals surface area (Å²) >= 11 is 0. The van der Waals surface area contributed by atoms with Gasteiger partial charge >= 0.3 is 0 Å². The number of rotatable bonds is 2. The minimum absolute atomic E-state index is 0.121. The molecule has 0 atom stereocenters. The molecule has 0 amide bonds. The van der Waals surface area contributed by atoms with Gasteiger partial charge in [0, 0.05) is 37.9 Å². The van der Waals surface area contributed by atoms with Crippen LogP contribution in [-0.2, 0) is 5.41 Å². The van der Waals surface area contributed by atoms with Gasteiger partial charge in [-0.3, -0.25) is 4.57 Å². The maximum atomic E-state index is 6.36. The zero-order chi connectivity index (χ0) is 32.4. The highest BCUT2D eigenvalue weighted by molar-refractivity contribution is 6.19. The summed E-state index contributed by atoms with van der Waals surface area (Å²) in [6.45, 7) is 4.67. The molecule has 1 aliphatic carbocycles. The van der Waals surface area contributed by atoms with E-state index in [-0.39, 0.29) is 5.41 Å². The Balaban J connectivity index is 1.20. The van der Waals surface area contributed by atoms with Gasteiger partial charge in [-0.1, -0.05) is 105 Å². The molecule has 0 N–H and O–H groups in total. The molecule has 0 radical (unpaired) electrons. The SMILES string of the molecule is CC1(C)c2ccccc2-c2cc3c4ccccc4n(-c4nc(-c5ccc6oc7ccc8ccccc8c7c6c5)c5ccccc5n4)c3cc21. The smallest absolute Gasteiger partial charge is 0.235 e. The molecule has 49 heavy (non-hydrogen) atoms. The molecule has 230 valence electrons. The molecule has 0 bridgehead atoms. The van der Waals surface area contributed by atoms with Crippen molar-refractivity contribution in [2.45, 2.75) is 19.3 Å². The molecule has 11 rings (SSSR count). The van der Waals surface area contributed by atoms with Gasteiger partial charge in [0.25, 0.3) is 0 Å². The van der Waals surface area contributed by atoms with Gasteiger partial charge in [0.05, 0.1) is 22.2 Å².